The summed E-state index contributed by atoms with van der Waals surface area (Å²) in [5.41, 5.74) is 7.71. The molecule has 3 rings (SSSR count). The molecule has 0 saturated carbocycles. The summed E-state index contributed by atoms with van der Waals surface area (Å²) < 4.78 is 25.1. The molecule has 0 radical (unpaired) electrons. The number of anilines is 1. The van der Waals surface area contributed by atoms with Gasteiger partial charge >= 0.3 is 6.03 Å². The van der Waals surface area contributed by atoms with Crippen LogP contribution in [0.3, 0.4) is 0 Å². The van der Waals surface area contributed by atoms with E-state index in [9.17, 15) is 23.3 Å². The second-order valence-electron chi connectivity index (χ2n) is 7.91. The van der Waals surface area contributed by atoms with E-state index in [1.807, 2.05) is 30.6 Å². The summed E-state index contributed by atoms with van der Waals surface area (Å²) in [6.45, 7) is 8.18. The lowest BCUT2D eigenvalue weighted by Crippen LogP contribution is -2.41. The van der Waals surface area contributed by atoms with Gasteiger partial charge in [0.25, 0.3) is 5.91 Å². The fourth-order valence-corrected chi connectivity index (χ4v) is 4.39. The van der Waals surface area contributed by atoms with E-state index in [0.717, 1.165) is 18.4 Å². The Labute approximate surface area is 206 Å². The third kappa shape index (κ3) is 6.61. The molecule has 3 N–H and O–H groups in total. The minimum Gasteiger partial charge on any atom is -0.366 e. The molecule has 0 spiro atoms. The van der Waals surface area contributed by atoms with E-state index in [0.29, 0.717) is 30.9 Å². The van der Waals surface area contributed by atoms with Crippen molar-refractivity contribution in [3.63, 3.8) is 0 Å². The van der Waals surface area contributed by atoms with E-state index in [2.05, 4.69) is 18.0 Å². The minimum absolute atomic E-state index is 0.123. The fourth-order valence-electron chi connectivity index (χ4n) is 3.76. The van der Waals surface area contributed by atoms with Crippen molar-refractivity contribution in [3.05, 3.63) is 71.6 Å². The van der Waals surface area contributed by atoms with E-state index in [4.69, 9.17) is 5.73 Å². The summed E-state index contributed by atoms with van der Waals surface area (Å²) >= 11 is 0. The number of fused-ring (bicyclic) bond motifs is 1. The highest BCUT2D eigenvalue weighted by Crippen LogP contribution is 2.28. The number of carbonyl (C=O) groups excluding carboxylic acids is 2. The molecule has 0 bridgehead atoms. The van der Waals surface area contributed by atoms with Crippen molar-refractivity contribution >= 4 is 27.5 Å². The normalized spacial score (nSPS) is 12.8. The highest BCUT2D eigenvalue weighted by molar-refractivity contribution is 7.90. The van der Waals surface area contributed by atoms with Gasteiger partial charge in [0.1, 0.15) is 6.07 Å². The summed E-state index contributed by atoms with van der Waals surface area (Å²) in [6, 6.07) is 7.59. The Morgan fingerprint density at radius 1 is 1.23 bits per heavy atom. The maximum absolute atomic E-state index is 12.8. The minimum atomic E-state index is -3.33. The Morgan fingerprint density at radius 3 is 2.37 bits per heavy atom. The molecule has 0 aliphatic carbocycles. The molecule has 0 saturated heterocycles. The number of urea groups is 1. The van der Waals surface area contributed by atoms with Crippen LogP contribution in [0, 0.1) is 11.3 Å². The Bertz CT molecular complexity index is 1270. The van der Waals surface area contributed by atoms with Gasteiger partial charge in [-0.15, -0.1) is 6.58 Å². The topological polar surface area (TPSA) is 138 Å². The first kappa shape index (κ1) is 27.4. The van der Waals surface area contributed by atoms with Gasteiger partial charge in [-0.1, -0.05) is 25.2 Å². The molecule has 3 amide bonds. The highest BCUT2D eigenvalue weighted by atomic mass is 32.2. The first-order valence-corrected chi connectivity index (χ1v) is 13.0. The molecular formula is C25H31N5O4S. The number of nitrogens with one attached hydrogen (secondary N) is 1. The second-order valence-corrected chi connectivity index (χ2v) is 9.93. The van der Waals surface area contributed by atoms with Gasteiger partial charge in [0, 0.05) is 37.1 Å². The van der Waals surface area contributed by atoms with Gasteiger partial charge in [-0.3, -0.25) is 4.79 Å². The average molecular weight is 498 g/mol. The number of allylic oxidation sites excluding steroid dienone is 3. The summed E-state index contributed by atoms with van der Waals surface area (Å²) in [6.07, 6.45) is 8.16. The largest absolute Gasteiger partial charge is 0.366 e. The summed E-state index contributed by atoms with van der Waals surface area (Å²) in [5.74, 6) is -0.699. The third-order valence-electron chi connectivity index (χ3n) is 5.31. The van der Waals surface area contributed by atoms with Crippen molar-refractivity contribution in [1.82, 2.24) is 9.47 Å². The van der Waals surface area contributed by atoms with E-state index >= 15 is 0 Å². The number of benzene rings is 1. The number of nitriles is 1. The van der Waals surface area contributed by atoms with Gasteiger partial charge in [0.2, 0.25) is 0 Å². The number of nitrogens with zero attached hydrogens (tertiary/aromatic N) is 3. The van der Waals surface area contributed by atoms with Crippen molar-refractivity contribution in [3.8, 4) is 6.07 Å². The van der Waals surface area contributed by atoms with Crippen LogP contribution < -0.4 is 11.1 Å². The molecule has 2 aromatic rings. The van der Waals surface area contributed by atoms with Gasteiger partial charge in [0.05, 0.1) is 28.3 Å². The zero-order chi connectivity index (χ0) is 26.2. The number of rotatable bonds is 6. The van der Waals surface area contributed by atoms with Crippen LogP contribution in [0.4, 0.5) is 10.5 Å². The quantitative estimate of drug-likeness (QED) is 0.587. The summed E-state index contributed by atoms with van der Waals surface area (Å²) in [4.78, 5) is 26.6. The van der Waals surface area contributed by atoms with Crippen LogP contribution in [0.2, 0.25) is 0 Å². The summed E-state index contributed by atoms with van der Waals surface area (Å²) in [5, 5.41) is 12.4. The highest BCUT2D eigenvalue weighted by Gasteiger charge is 2.31. The van der Waals surface area contributed by atoms with Crippen LogP contribution in [0.25, 0.3) is 0 Å². The van der Waals surface area contributed by atoms with Crippen molar-refractivity contribution in [2.45, 2.75) is 44.7 Å². The lowest BCUT2D eigenvalue weighted by molar-refractivity contribution is 0.0996. The van der Waals surface area contributed by atoms with E-state index < -0.39 is 21.8 Å². The number of amides is 3. The molecule has 186 valence electrons. The second kappa shape index (κ2) is 12.0. The number of sulfone groups is 1. The molecule has 1 aliphatic rings. The average Bonchev–Trinajstić information content (AvgIpc) is 3.12. The number of hydrogen-bond acceptors (Lipinski definition) is 5. The van der Waals surface area contributed by atoms with Crippen LogP contribution in [0.15, 0.2) is 54.0 Å². The van der Waals surface area contributed by atoms with E-state index in [-0.39, 0.29) is 22.6 Å². The molecule has 9 nitrogen and oxygen atoms in total. The smallest absolute Gasteiger partial charge is 0.322 e. The van der Waals surface area contributed by atoms with Crippen molar-refractivity contribution in [2.24, 2.45) is 5.73 Å². The molecule has 1 aliphatic heterocycles. The van der Waals surface area contributed by atoms with Crippen LogP contribution in [-0.4, -0.2) is 42.6 Å². The van der Waals surface area contributed by atoms with E-state index in [1.165, 1.54) is 29.2 Å². The summed E-state index contributed by atoms with van der Waals surface area (Å²) in [7, 11) is -3.33. The van der Waals surface area contributed by atoms with Gasteiger partial charge in [-0.25, -0.2) is 13.2 Å². The molecule has 2 heterocycles. The van der Waals surface area contributed by atoms with Gasteiger partial charge in [-0.2, -0.15) is 5.26 Å². The Morgan fingerprint density at radius 2 is 1.86 bits per heavy atom. The van der Waals surface area contributed by atoms with Gasteiger partial charge in [-0.05, 0) is 37.6 Å². The first-order chi connectivity index (χ1) is 16.6. The molecule has 0 fully saturated rings. The Balaban J connectivity index is 0.00000137. The van der Waals surface area contributed by atoms with Crippen LogP contribution in [0.5, 0.6) is 0 Å². The van der Waals surface area contributed by atoms with Gasteiger partial charge in [0.15, 0.2) is 9.84 Å². The number of nitrogens with two attached hydrogens (primary N) is 1. The predicted octanol–water partition coefficient (Wildman–Crippen LogP) is 3.61. The molecule has 0 atom stereocenters. The number of hydrogen-bond donors (Lipinski definition) is 2. The molecule has 1 aromatic carbocycles. The monoisotopic (exact) mass is 497 g/mol. The van der Waals surface area contributed by atoms with Crippen LogP contribution in [-0.2, 0) is 29.3 Å². The number of aromatic nitrogens is 1. The molecule has 1 aromatic heterocycles. The van der Waals surface area contributed by atoms with Gasteiger partial charge < -0.3 is 20.5 Å². The maximum Gasteiger partial charge on any atom is 0.322 e. The zero-order valence-corrected chi connectivity index (χ0v) is 21.1. The SMILES string of the molecule is C=CC.CC/C=C\Cc1c(C#N)c(C(N)=O)c2n1CCN(C(=O)Nc1ccc(S(C)(=O)=O)cc1)C2. The third-order valence-corrected chi connectivity index (χ3v) is 6.43. The maximum atomic E-state index is 12.8. The molecule has 35 heavy (non-hydrogen) atoms. The number of carbonyl (C=O) groups is 2. The number of primary amides is 1. The van der Waals surface area contributed by atoms with E-state index in [1.54, 1.807) is 6.08 Å². The lowest BCUT2D eigenvalue weighted by Gasteiger charge is -2.30. The molecular weight excluding hydrogens is 466 g/mol. The molecule has 10 heteroatoms. The van der Waals surface area contributed by atoms with Crippen molar-refractivity contribution < 1.29 is 18.0 Å². The predicted molar refractivity (Wildman–Crippen MR) is 136 cm³/mol. The first-order valence-electron chi connectivity index (χ1n) is 11.1. The lowest BCUT2D eigenvalue weighted by atomic mass is 10.1. The van der Waals surface area contributed by atoms with Crippen molar-refractivity contribution in [1.29, 1.82) is 5.26 Å². The Kier molecular flexibility index (Phi) is 9.42. The fraction of sp³-hybridized carbons (Fsp3) is 0.320. The molecule has 0 unspecified atom stereocenters. The zero-order valence-electron chi connectivity index (χ0n) is 20.2. The standard InChI is InChI=1S/C22H25N5O4S.C3H6/c1-3-4-5-6-18-17(13-23)20(21(24)28)19-14-26(11-12-27(18)19)22(29)25-15-7-9-16(10-8-15)32(2,30)31;1-3-2/h4-5,7-10H,3,6,11-12,14H2,1-2H3,(H2,24,28)(H,25,29);3H,1H2,2H3/b5-4-;. The Hall–Kier alpha value is -3.84. The van der Waals surface area contributed by atoms with Crippen LogP contribution in [0.1, 0.15) is 47.6 Å². The van der Waals surface area contributed by atoms with Crippen molar-refractivity contribution in [2.75, 3.05) is 18.1 Å². The van der Waals surface area contributed by atoms with Crippen LogP contribution >= 0.6 is 0 Å².